The van der Waals surface area contributed by atoms with Gasteiger partial charge in [0.2, 0.25) is 5.91 Å². The molecular formula is C18H18F3NOS. The number of amides is 1. The zero-order chi connectivity index (χ0) is 17.7. The fourth-order valence-electron chi connectivity index (χ4n) is 2.29. The van der Waals surface area contributed by atoms with E-state index in [1.807, 2.05) is 32.0 Å². The lowest BCUT2D eigenvalue weighted by molar-refractivity contribution is -0.137. The summed E-state index contributed by atoms with van der Waals surface area (Å²) < 4.78 is 38.0. The van der Waals surface area contributed by atoms with E-state index in [0.29, 0.717) is 11.3 Å². The summed E-state index contributed by atoms with van der Waals surface area (Å²) in [6.45, 7) is 3.83. The number of rotatable bonds is 5. The predicted molar refractivity (Wildman–Crippen MR) is 92.2 cm³/mol. The zero-order valence-electron chi connectivity index (χ0n) is 13.4. The minimum atomic E-state index is -4.35. The molecule has 1 amide bonds. The number of halogens is 3. The van der Waals surface area contributed by atoms with Gasteiger partial charge in [0, 0.05) is 11.4 Å². The summed E-state index contributed by atoms with van der Waals surface area (Å²) in [5.41, 5.74) is 2.63. The van der Waals surface area contributed by atoms with E-state index in [-0.39, 0.29) is 11.7 Å². The topological polar surface area (TPSA) is 29.1 Å². The second-order valence-electron chi connectivity index (χ2n) is 5.51. The Morgan fingerprint density at radius 1 is 1.08 bits per heavy atom. The van der Waals surface area contributed by atoms with Crippen molar-refractivity contribution in [2.75, 3.05) is 11.1 Å². The molecule has 0 aliphatic carbocycles. The van der Waals surface area contributed by atoms with Crippen LogP contribution in [0.1, 0.15) is 22.3 Å². The smallest absolute Gasteiger partial charge is 0.325 e. The average Bonchev–Trinajstić information content (AvgIpc) is 2.51. The molecule has 2 rings (SSSR count). The standard InChI is InChI=1S/C18H18F3NOS/c1-12-5-3-6-13(2)17(12)22-16(23)11-24-10-14-7-4-8-15(9-14)18(19,20)21/h3-9H,10-11H2,1-2H3,(H,22,23). The first-order valence-corrected chi connectivity index (χ1v) is 8.53. The maximum atomic E-state index is 12.7. The molecule has 128 valence electrons. The van der Waals surface area contributed by atoms with Crippen LogP contribution in [-0.4, -0.2) is 11.7 Å². The number of anilines is 1. The molecular weight excluding hydrogens is 335 g/mol. The van der Waals surface area contributed by atoms with Crippen molar-refractivity contribution >= 4 is 23.4 Å². The van der Waals surface area contributed by atoms with Crippen LogP contribution in [-0.2, 0) is 16.7 Å². The molecule has 6 heteroatoms. The van der Waals surface area contributed by atoms with Crippen molar-refractivity contribution in [2.45, 2.75) is 25.8 Å². The molecule has 0 spiro atoms. The lowest BCUT2D eigenvalue weighted by Gasteiger charge is -2.11. The maximum absolute atomic E-state index is 12.7. The third-order valence-corrected chi connectivity index (χ3v) is 4.51. The molecule has 0 heterocycles. The van der Waals surface area contributed by atoms with Gasteiger partial charge in [0.05, 0.1) is 11.3 Å². The molecule has 2 aromatic carbocycles. The molecule has 0 saturated heterocycles. The van der Waals surface area contributed by atoms with Crippen molar-refractivity contribution in [2.24, 2.45) is 0 Å². The molecule has 0 fully saturated rings. The second kappa shape index (κ2) is 7.75. The van der Waals surface area contributed by atoms with Crippen LogP contribution in [0.5, 0.6) is 0 Å². The fourth-order valence-corrected chi connectivity index (χ4v) is 3.06. The minimum Gasteiger partial charge on any atom is -0.325 e. The highest BCUT2D eigenvalue weighted by molar-refractivity contribution is 7.99. The van der Waals surface area contributed by atoms with E-state index in [4.69, 9.17) is 0 Å². The van der Waals surface area contributed by atoms with Gasteiger partial charge in [0.15, 0.2) is 0 Å². The summed E-state index contributed by atoms with van der Waals surface area (Å²) in [4.78, 5) is 12.0. The number of benzene rings is 2. The van der Waals surface area contributed by atoms with E-state index < -0.39 is 11.7 Å². The first-order valence-electron chi connectivity index (χ1n) is 7.37. The van der Waals surface area contributed by atoms with Crippen LogP contribution in [0, 0.1) is 13.8 Å². The van der Waals surface area contributed by atoms with E-state index in [0.717, 1.165) is 28.9 Å². The van der Waals surface area contributed by atoms with Gasteiger partial charge >= 0.3 is 6.18 Å². The fraction of sp³-hybridized carbons (Fsp3) is 0.278. The van der Waals surface area contributed by atoms with Crippen LogP contribution in [0.3, 0.4) is 0 Å². The maximum Gasteiger partial charge on any atom is 0.416 e. The Kier molecular flexibility index (Phi) is 5.94. The molecule has 0 saturated carbocycles. The molecule has 0 bridgehead atoms. The lowest BCUT2D eigenvalue weighted by Crippen LogP contribution is -2.16. The second-order valence-corrected chi connectivity index (χ2v) is 6.49. The molecule has 0 radical (unpaired) electrons. The Bertz CT molecular complexity index is 708. The van der Waals surface area contributed by atoms with Gasteiger partial charge in [0.1, 0.15) is 0 Å². The molecule has 0 unspecified atom stereocenters. The van der Waals surface area contributed by atoms with Crippen LogP contribution in [0.25, 0.3) is 0 Å². The molecule has 0 aliphatic rings. The summed E-state index contributed by atoms with van der Waals surface area (Å²) in [5, 5.41) is 2.86. The van der Waals surface area contributed by atoms with E-state index in [2.05, 4.69) is 5.32 Å². The SMILES string of the molecule is Cc1cccc(C)c1NC(=O)CSCc1cccc(C(F)(F)F)c1. The van der Waals surface area contributed by atoms with Gasteiger partial charge < -0.3 is 5.32 Å². The zero-order valence-corrected chi connectivity index (χ0v) is 14.2. The quantitative estimate of drug-likeness (QED) is 0.801. The lowest BCUT2D eigenvalue weighted by atomic mass is 10.1. The Labute approximate surface area is 143 Å². The molecule has 24 heavy (non-hydrogen) atoms. The van der Waals surface area contributed by atoms with E-state index in [9.17, 15) is 18.0 Å². The predicted octanol–water partition coefficient (Wildman–Crippen LogP) is 5.19. The van der Waals surface area contributed by atoms with E-state index in [1.165, 1.54) is 17.8 Å². The van der Waals surface area contributed by atoms with Gasteiger partial charge in [-0.3, -0.25) is 4.79 Å². The molecule has 1 N–H and O–H groups in total. The van der Waals surface area contributed by atoms with Crippen molar-refractivity contribution in [3.8, 4) is 0 Å². The third-order valence-electron chi connectivity index (χ3n) is 3.50. The van der Waals surface area contributed by atoms with Crippen LogP contribution >= 0.6 is 11.8 Å². The van der Waals surface area contributed by atoms with Crippen LogP contribution < -0.4 is 5.32 Å². The highest BCUT2D eigenvalue weighted by Gasteiger charge is 2.30. The minimum absolute atomic E-state index is 0.163. The first-order chi connectivity index (χ1) is 11.3. The van der Waals surface area contributed by atoms with Gasteiger partial charge in [-0.2, -0.15) is 13.2 Å². The summed E-state index contributed by atoms with van der Waals surface area (Å²) in [7, 11) is 0. The number of carbonyl (C=O) groups is 1. The number of hydrogen-bond acceptors (Lipinski definition) is 2. The Balaban J connectivity index is 1.89. The van der Waals surface area contributed by atoms with Gasteiger partial charge in [-0.1, -0.05) is 36.4 Å². The normalized spacial score (nSPS) is 11.4. The number of aryl methyl sites for hydroxylation is 2. The van der Waals surface area contributed by atoms with E-state index >= 15 is 0 Å². The molecule has 0 atom stereocenters. The summed E-state index contributed by atoms with van der Waals surface area (Å²) in [6.07, 6.45) is -4.35. The highest BCUT2D eigenvalue weighted by Crippen LogP contribution is 2.30. The number of alkyl halides is 3. The van der Waals surface area contributed by atoms with Crippen molar-refractivity contribution in [3.63, 3.8) is 0 Å². The van der Waals surface area contributed by atoms with Crippen molar-refractivity contribution in [1.82, 2.24) is 0 Å². The molecule has 0 aromatic heterocycles. The number of thioether (sulfide) groups is 1. The van der Waals surface area contributed by atoms with E-state index in [1.54, 1.807) is 6.07 Å². The number of carbonyl (C=O) groups excluding carboxylic acids is 1. The Hall–Kier alpha value is -1.95. The summed E-state index contributed by atoms with van der Waals surface area (Å²) >= 11 is 1.29. The van der Waals surface area contributed by atoms with Gasteiger partial charge in [0.25, 0.3) is 0 Å². The number of para-hydroxylation sites is 1. The van der Waals surface area contributed by atoms with Gasteiger partial charge in [-0.15, -0.1) is 11.8 Å². The van der Waals surface area contributed by atoms with Crippen LogP contribution in [0.15, 0.2) is 42.5 Å². The van der Waals surface area contributed by atoms with Crippen molar-refractivity contribution in [3.05, 3.63) is 64.7 Å². The van der Waals surface area contributed by atoms with Crippen LogP contribution in [0.4, 0.5) is 18.9 Å². The van der Waals surface area contributed by atoms with Gasteiger partial charge in [-0.05, 0) is 36.6 Å². The summed E-state index contributed by atoms with van der Waals surface area (Å²) in [5.74, 6) is 0.373. The molecule has 0 aliphatic heterocycles. The number of hydrogen-bond donors (Lipinski definition) is 1. The molecule has 2 aromatic rings. The van der Waals surface area contributed by atoms with Crippen molar-refractivity contribution < 1.29 is 18.0 Å². The summed E-state index contributed by atoms with van der Waals surface area (Å²) in [6, 6.07) is 10.9. The average molecular weight is 353 g/mol. The Morgan fingerprint density at radius 2 is 1.71 bits per heavy atom. The van der Waals surface area contributed by atoms with Crippen molar-refractivity contribution in [1.29, 1.82) is 0 Å². The van der Waals surface area contributed by atoms with Gasteiger partial charge in [-0.25, -0.2) is 0 Å². The third kappa shape index (κ3) is 5.03. The largest absolute Gasteiger partial charge is 0.416 e. The van der Waals surface area contributed by atoms with Crippen LogP contribution in [0.2, 0.25) is 0 Å². The highest BCUT2D eigenvalue weighted by atomic mass is 32.2. The first kappa shape index (κ1) is 18.4. The molecule has 2 nitrogen and oxygen atoms in total. The number of nitrogens with one attached hydrogen (secondary N) is 1. The Morgan fingerprint density at radius 3 is 2.33 bits per heavy atom. The monoisotopic (exact) mass is 353 g/mol.